The summed E-state index contributed by atoms with van der Waals surface area (Å²) in [4.78, 5) is 13.3. The summed E-state index contributed by atoms with van der Waals surface area (Å²) in [6.45, 7) is 15.2. The molecule has 0 radical (unpaired) electrons. The average Bonchev–Trinajstić information content (AvgIpc) is 2.85. The van der Waals surface area contributed by atoms with Crippen molar-refractivity contribution in [2.24, 2.45) is 33.0 Å². The van der Waals surface area contributed by atoms with Crippen LogP contribution in [0.5, 0.6) is 0 Å². The third kappa shape index (κ3) is 3.58. The molecular formula is C31H42NO4P. The van der Waals surface area contributed by atoms with Crippen LogP contribution in [-0.4, -0.2) is 19.6 Å². The predicted octanol–water partition coefficient (Wildman–Crippen LogP) is 8.06. The monoisotopic (exact) mass is 523 g/mol. The van der Waals surface area contributed by atoms with E-state index in [0.29, 0.717) is 5.92 Å². The zero-order valence-corrected chi connectivity index (χ0v) is 24.7. The molecule has 0 N–H and O–H groups in total. The van der Waals surface area contributed by atoms with Crippen molar-refractivity contribution in [2.45, 2.75) is 86.5 Å². The minimum Gasteiger partial charge on any atom is -0.420 e. The first-order chi connectivity index (χ1) is 17.1. The molecule has 37 heavy (non-hydrogen) atoms. The number of carbonyl (C=O) groups excluding carboxylic acids is 1. The van der Waals surface area contributed by atoms with Crippen molar-refractivity contribution < 1.29 is 18.4 Å². The van der Waals surface area contributed by atoms with Crippen LogP contribution in [0.25, 0.3) is 0 Å². The first-order valence-electron chi connectivity index (χ1n) is 13.7. The molecule has 1 unspecified atom stereocenters. The smallest absolute Gasteiger partial charge is 0.376 e. The number of fused-ring (bicyclic) bond motifs is 7. The number of hydrogen-bond acceptors (Lipinski definition) is 5. The van der Waals surface area contributed by atoms with Crippen molar-refractivity contribution in [3.05, 3.63) is 46.3 Å². The Bertz CT molecular complexity index is 1300. The lowest BCUT2D eigenvalue weighted by atomic mass is 9.34. The van der Waals surface area contributed by atoms with E-state index in [-0.39, 0.29) is 38.6 Å². The molecule has 0 aromatic heterocycles. The van der Waals surface area contributed by atoms with Gasteiger partial charge in [0.1, 0.15) is 0 Å². The quantitative estimate of drug-likeness (QED) is 0.350. The van der Waals surface area contributed by atoms with Gasteiger partial charge >= 0.3 is 7.60 Å². The van der Waals surface area contributed by atoms with Gasteiger partial charge in [-0.2, -0.15) is 5.26 Å². The first-order valence-corrected chi connectivity index (χ1v) is 15.7. The Labute approximate surface area is 222 Å². The molecule has 0 aromatic carbocycles. The lowest BCUT2D eigenvalue weighted by Crippen LogP contribution is -2.61. The van der Waals surface area contributed by atoms with E-state index < -0.39 is 7.60 Å². The molecule has 5 nitrogen and oxygen atoms in total. The van der Waals surface area contributed by atoms with Crippen LogP contribution in [0.2, 0.25) is 0 Å². The van der Waals surface area contributed by atoms with Crippen LogP contribution in [0.1, 0.15) is 86.5 Å². The molecule has 5 rings (SSSR count). The van der Waals surface area contributed by atoms with Crippen LogP contribution < -0.4 is 0 Å². The Morgan fingerprint density at radius 3 is 2.35 bits per heavy atom. The van der Waals surface area contributed by atoms with Gasteiger partial charge < -0.3 is 9.05 Å². The average molecular weight is 524 g/mol. The summed E-state index contributed by atoms with van der Waals surface area (Å²) < 4.78 is 23.2. The maximum absolute atomic E-state index is 13.3. The lowest BCUT2D eigenvalue weighted by molar-refractivity contribution is -0.155. The van der Waals surface area contributed by atoms with Crippen molar-refractivity contribution in [3.63, 3.8) is 0 Å². The highest BCUT2D eigenvalue weighted by molar-refractivity contribution is 7.53. The molecule has 6 heteroatoms. The molecule has 7 atom stereocenters. The molecule has 0 saturated heterocycles. The summed E-state index contributed by atoms with van der Waals surface area (Å²) in [6.07, 6.45) is 13.6. The standard InChI is InChI=1S/C31H42NO4P/c1-20-21-9-10-24-29(4,22(21)17-23(33)26(20)36-37(8,34)35-7)14-16-31(6)25-18-27(2,19-32)11-12-28(25,3)13-15-30(24,31)5/h9-10,17,25H,11-16,18H2,1-8H3/t25-,27-,28-,29+,30-,31+,37?/m1/s1. The van der Waals surface area contributed by atoms with Gasteiger partial charge in [0, 0.05) is 24.8 Å². The number of ketones is 1. The number of rotatable bonds is 3. The van der Waals surface area contributed by atoms with E-state index in [2.05, 4.69) is 52.8 Å². The molecule has 0 bridgehead atoms. The van der Waals surface area contributed by atoms with Crippen molar-refractivity contribution in [1.29, 1.82) is 5.26 Å². The fraction of sp³-hybridized carbons (Fsp3) is 0.677. The van der Waals surface area contributed by atoms with Crippen LogP contribution in [0, 0.1) is 44.3 Å². The molecule has 200 valence electrons. The second kappa shape index (κ2) is 8.06. The van der Waals surface area contributed by atoms with Gasteiger partial charge in [-0.3, -0.25) is 4.79 Å². The van der Waals surface area contributed by atoms with Gasteiger partial charge in [0.25, 0.3) is 0 Å². The molecule has 0 aromatic rings. The number of carbonyl (C=O) groups is 1. The van der Waals surface area contributed by atoms with E-state index >= 15 is 0 Å². The van der Waals surface area contributed by atoms with Gasteiger partial charge in [0.15, 0.2) is 5.76 Å². The van der Waals surface area contributed by atoms with Gasteiger partial charge in [-0.1, -0.05) is 45.4 Å². The van der Waals surface area contributed by atoms with Gasteiger partial charge in [-0.25, -0.2) is 4.57 Å². The molecule has 0 amide bonds. The third-order valence-electron chi connectivity index (χ3n) is 11.7. The topological polar surface area (TPSA) is 76.4 Å². The van der Waals surface area contributed by atoms with Crippen LogP contribution in [0.15, 0.2) is 46.3 Å². The number of nitrogens with zero attached hydrogens (tertiary/aromatic N) is 1. The highest BCUT2D eigenvalue weighted by atomic mass is 31.2. The Hall–Kier alpha value is -1.89. The van der Waals surface area contributed by atoms with Crippen LogP contribution in [0.3, 0.4) is 0 Å². The summed E-state index contributed by atoms with van der Waals surface area (Å²) in [5, 5.41) is 10.0. The fourth-order valence-corrected chi connectivity index (χ4v) is 9.50. The lowest BCUT2D eigenvalue weighted by Gasteiger charge is -2.69. The van der Waals surface area contributed by atoms with Crippen molar-refractivity contribution in [2.75, 3.05) is 13.8 Å². The highest BCUT2D eigenvalue weighted by Crippen LogP contribution is 2.75. The Morgan fingerprint density at radius 1 is 1.03 bits per heavy atom. The molecule has 5 aliphatic rings. The van der Waals surface area contributed by atoms with Crippen molar-refractivity contribution >= 4 is 13.4 Å². The second-order valence-corrected chi connectivity index (χ2v) is 15.8. The van der Waals surface area contributed by atoms with Gasteiger partial charge in [0.05, 0.1) is 11.5 Å². The minimum atomic E-state index is -3.36. The van der Waals surface area contributed by atoms with Crippen molar-refractivity contribution in [1.82, 2.24) is 0 Å². The van der Waals surface area contributed by atoms with E-state index in [1.54, 1.807) is 6.08 Å². The maximum Gasteiger partial charge on any atom is 0.376 e. The maximum atomic E-state index is 13.3. The van der Waals surface area contributed by atoms with E-state index in [0.717, 1.165) is 55.2 Å². The van der Waals surface area contributed by atoms with Crippen LogP contribution >= 0.6 is 7.60 Å². The summed E-state index contributed by atoms with van der Waals surface area (Å²) in [7, 11) is -2.02. The summed E-state index contributed by atoms with van der Waals surface area (Å²) in [6, 6.07) is 2.67. The Balaban J connectivity index is 1.61. The SMILES string of the molecule is COP(C)(=O)OC1=C(C)C2=CC=C3[C@@](C)(CC[C@@]4(C)[C@@H]5C[C@](C)(C#N)CC[C@]5(C)CC[C@]34C)C2=CC1=O. The molecule has 3 fully saturated rings. The van der Waals surface area contributed by atoms with Crippen LogP contribution in [-0.2, 0) is 18.4 Å². The Morgan fingerprint density at radius 2 is 1.70 bits per heavy atom. The van der Waals surface area contributed by atoms with E-state index in [4.69, 9.17) is 9.05 Å². The fourth-order valence-electron chi connectivity index (χ4n) is 8.87. The second-order valence-electron chi connectivity index (χ2n) is 13.7. The van der Waals surface area contributed by atoms with E-state index in [1.807, 2.05) is 6.92 Å². The number of hydrogen-bond donors (Lipinski definition) is 0. The summed E-state index contributed by atoms with van der Waals surface area (Å²) in [5.41, 5.74) is 4.05. The van der Waals surface area contributed by atoms with E-state index in [1.165, 1.54) is 25.8 Å². The third-order valence-corrected chi connectivity index (χ3v) is 12.9. The summed E-state index contributed by atoms with van der Waals surface area (Å²) in [5.74, 6) is 0.378. The zero-order valence-electron chi connectivity index (χ0n) is 23.8. The van der Waals surface area contributed by atoms with Crippen LogP contribution in [0.4, 0.5) is 0 Å². The Kier molecular flexibility index (Phi) is 5.82. The molecular weight excluding hydrogens is 481 g/mol. The largest absolute Gasteiger partial charge is 0.420 e. The minimum absolute atomic E-state index is 0.0205. The molecule has 3 saturated carbocycles. The number of nitriles is 1. The van der Waals surface area contributed by atoms with Gasteiger partial charge in [-0.15, -0.1) is 0 Å². The zero-order chi connectivity index (χ0) is 27.2. The molecule has 0 spiro atoms. The van der Waals surface area contributed by atoms with E-state index in [9.17, 15) is 14.6 Å². The summed E-state index contributed by atoms with van der Waals surface area (Å²) >= 11 is 0. The predicted molar refractivity (Wildman–Crippen MR) is 146 cm³/mol. The van der Waals surface area contributed by atoms with Gasteiger partial charge in [-0.05, 0) is 98.2 Å². The molecule has 0 aliphatic heterocycles. The van der Waals surface area contributed by atoms with Crippen molar-refractivity contribution in [3.8, 4) is 6.07 Å². The molecule has 0 heterocycles. The van der Waals surface area contributed by atoms with Gasteiger partial charge in [0.2, 0.25) is 5.78 Å². The normalized spacial score (nSPS) is 44.6. The highest BCUT2D eigenvalue weighted by Gasteiger charge is 2.66. The molecule has 5 aliphatic carbocycles. The number of allylic oxidation sites excluding steroid dienone is 7. The first kappa shape index (κ1) is 26.7.